The Kier molecular flexibility index (Phi) is 3.97. The molecule has 0 aromatic carbocycles. The van der Waals surface area contributed by atoms with Crippen LogP contribution in [0.15, 0.2) is 17.5 Å². The summed E-state index contributed by atoms with van der Waals surface area (Å²) in [6, 6.07) is 5.01. The van der Waals surface area contributed by atoms with Crippen LogP contribution < -0.4 is 5.32 Å². The van der Waals surface area contributed by atoms with Gasteiger partial charge in [-0.15, -0.1) is 11.3 Å². The lowest BCUT2D eigenvalue weighted by Gasteiger charge is -2.35. The molecule has 2 unspecified atom stereocenters. The van der Waals surface area contributed by atoms with Crippen LogP contribution in [0.2, 0.25) is 0 Å². The van der Waals surface area contributed by atoms with Gasteiger partial charge in [0.2, 0.25) is 0 Å². The van der Waals surface area contributed by atoms with Gasteiger partial charge < -0.3 is 10.1 Å². The SMILES string of the molecule is CC(C)NCC1(Cc2cccs2)CCOC1C1CC1. The third-order valence-corrected chi connectivity index (χ3v) is 5.40. The molecule has 0 bridgehead atoms. The molecule has 1 saturated heterocycles. The standard InChI is InChI=1S/C16H25NOS/c1-12(2)17-11-16(10-14-4-3-9-19-14)7-8-18-15(16)13-5-6-13/h3-4,9,12-13,15,17H,5-8,10-11H2,1-2H3. The summed E-state index contributed by atoms with van der Waals surface area (Å²) in [7, 11) is 0. The molecule has 1 aliphatic heterocycles. The molecule has 1 aliphatic carbocycles. The molecule has 2 nitrogen and oxygen atoms in total. The van der Waals surface area contributed by atoms with Crippen LogP contribution in [-0.4, -0.2) is 25.3 Å². The van der Waals surface area contributed by atoms with E-state index < -0.39 is 0 Å². The molecule has 19 heavy (non-hydrogen) atoms. The van der Waals surface area contributed by atoms with E-state index in [1.54, 1.807) is 0 Å². The molecule has 1 aromatic rings. The predicted molar refractivity (Wildman–Crippen MR) is 80.7 cm³/mol. The molecule has 0 amide bonds. The molecular weight excluding hydrogens is 254 g/mol. The van der Waals surface area contributed by atoms with Gasteiger partial charge in [0.25, 0.3) is 0 Å². The zero-order valence-corrected chi connectivity index (χ0v) is 12.8. The Hall–Kier alpha value is -0.380. The Morgan fingerprint density at radius 2 is 2.32 bits per heavy atom. The van der Waals surface area contributed by atoms with Crippen molar-refractivity contribution >= 4 is 11.3 Å². The van der Waals surface area contributed by atoms with Gasteiger partial charge in [-0.1, -0.05) is 19.9 Å². The number of nitrogens with one attached hydrogen (secondary N) is 1. The van der Waals surface area contributed by atoms with Gasteiger partial charge in [-0.25, -0.2) is 0 Å². The molecule has 0 spiro atoms. The average molecular weight is 279 g/mol. The summed E-state index contributed by atoms with van der Waals surface area (Å²) in [5.41, 5.74) is 0.330. The highest BCUT2D eigenvalue weighted by atomic mass is 32.1. The van der Waals surface area contributed by atoms with Crippen molar-refractivity contribution in [2.75, 3.05) is 13.2 Å². The van der Waals surface area contributed by atoms with Gasteiger partial charge in [-0.3, -0.25) is 0 Å². The molecule has 2 atom stereocenters. The van der Waals surface area contributed by atoms with Crippen LogP contribution in [-0.2, 0) is 11.2 Å². The number of hydrogen-bond donors (Lipinski definition) is 1. The van der Waals surface area contributed by atoms with Crippen molar-refractivity contribution in [1.82, 2.24) is 5.32 Å². The molecule has 1 aromatic heterocycles. The largest absolute Gasteiger partial charge is 0.377 e. The molecule has 3 heteroatoms. The monoisotopic (exact) mass is 279 g/mol. The Bertz CT molecular complexity index is 399. The second-order valence-corrected chi connectivity index (χ2v) is 7.57. The summed E-state index contributed by atoms with van der Waals surface area (Å²) in [6.45, 7) is 6.53. The number of ether oxygens (including phenoxy) is 1. The van der Waals surface area contributed by atoms with Crippen LogP contribution in [0.5, 0.6) is 0 Å². The van der Waals surface area contributed by atoms with Crippen molar-refractivity contribution in [2.45, 2.75) is 51.7 Å². The van der Waals surface area contributed by atoms with Gasteiger partial charge in [0.05, 0.1) is 6.10 Å². The Morgan fingerprint density at radius 1 is 1.47 bits per heavy atom. The molecular formula is C16H25NOS. The van der Waals surface area contributed by atoms with Gasteiger partial charge in [0, 0.05) is 29.5 Å². The second-order valence-electron chi connectivity index (χ2n) is 6.53. The van der Waals surface area contributed by atoms with Crippen LogP contribution in [0, 0.1) is 11.3 Å². The first-order valence-electron chi connectivity index (χ1n) is 7.57. The van der Waals surface area contributed by atoms with Crippen LogP contribution >= 0.6 is 11.3 Å². The molecule has 1 saturated carbocycles. The average Bonchev–Trinajstić information content (AvgIpc) is 2.94. The van der Waals surface area contributed by atoms with Crippen LogP contribution in [0.3, 0.4) is 0 Å². The van der Waals surface area contributed by atoms with E-state index in [0.717, 1.165) is 19.1 Å². The summed E-state index contributed by atoms with van der Waals surface area (Å²) in [4.78, 5) is 1.52. The second kappa shape index (κ2) is 5.55. The van der Waals surface area contributed by atoms with E-state index in [2.05, 4.69) is 36.7 Å². The Labute approximate surface area is 120 Å². The zero-order valence-electron chi connectivity index (χ0n) is 12.0. The van der Waals surface area contributed by atoms with Gasteiger partial charge in [0.1, 0.15) is 0 Å². The lowest BCUT2D eigenvalue weighted by Crippen LogP contribution is -2.45. The first-order chi connectivity index (χ1) is 9.20. The maximum absolute atomic E-state index is 6.14. The minimum absolute atomic E-state index is 0.330. The third-order valence-electron chi connectivity index (χ3n) is 4.52. The van der Waals surface area contributed by atoms with Crippen LogP contribution in [0.1, 0.15) is 38.0 Å². The zero-order chi connectivity index (χ0) is 13.3. The molecule has 0 radical (unpaired) electrons. The van der Waals surface area contributed by atoms with E-state index in [-0.39, 0.29) is 0 Å². The predicted octanol–water partition coefficient (Wildman–Crippen LogP) is 3.47. The normalized spacial score (nSPS) is 31.2. The smallest absolute Gasteiger partial charge is 0.0675 e. The molecule has 2 heterocycles. The highest BCUT2D eigenvalue weighted by Crippen LogP contribution is 2.49. The maximum Gasteiger partial charge on any atom is 0.0675 e. The van der Waals surface area contributed by atoms with E-state index in [1.807, 2.05) is 11.3 Å². The summed E-state index contributed by atoms with van der Waals surface area (Å²) in [5.74, 6) is 0.830. The van der Waals surface area contributed by atoms with Crippen molar-refractivity contribution in [1.29, 1.82) is 0 Å². The van der Waals surface area contributed by atoms with Crippen molar-refractivity contribution in [3.8, 4) is 0 Å². The van der Waals surface area contributed by atoms with Gasteiger partial charge in [0.15, 0.2) is 0 Å². The van der Waals surface area contributed by atoms with E-state index in [4.69, 9.17) is 4.74 Å². The van der Waals surface area contributed by atoms with Crippen LogP contribution in [0.25, 0.3) is 0 Å². The molecule has 2 fully saturated rings. The fourth-order valence-electron chi connectivity index (χ4n) is 3.35. The van der Waals surface area contributed by atoms with Gasteiger partial charge in [-0.05, 0) is 43.0 Å². The summed E-state index contributed by atoms with van der Waals surface area (Å²) < 4.78 is 6.14. The minimum atomic E-state index is 0.330. The van der Waals surface area contributed by atoms with Gasteiger partial charge in [-0.2, -0.15) is 0 Å². The van der Waals surface area contributed by atoms with E-state index in [9.17, 15) is 0 Å². The fraction of sp³-hybridized carbons (Fsp3) is 0.750. The number of rotatable bonds is 6. The highest BCUT2D eigenvalue weighted by Gasteiger charge is 2.50. The molecule has 3 rings (SSSR count). The quantitative estimate of drug-likeness (QED) is 0.861. The molecule has 2 aliphatic rings. The third kappa shape index (κ3) is 3.04. The van der Waals surface area contributed by atoms with Crippen molar-refractivity contribution in [3.05, 3.63) is 22.4 Å². The summed E-state index contributed by atoms with van der Waals surface area (Å²) in [6.07, 6.45) is 5.63. The van der Waals surface area contributed by atoms with E-state index in [1.165, 1.54) is 30.6 Å². The topological polar surface area (TPSA) is 21.3 Å². The number of thiophene rings is 1. The minimum Gasteiger partial charge on any atom is -0.377 e. The molecule has 1 N–H and O–H groups in total. The van der Waals surface area contributed by atoms with E-state index >= 15 is 0 Å². The first kappa shape index (κ1) is 13.6. The van der Waals surface area contributed by atoms with Crippen LogP contribution in [0.4, 0.5) is 0 Å². The lowest BCUT2D eigenvalue weighted by atomic mass is 9.75. The summed E-state index contributed by atoms with van der Waals surface area (Å²) >= 11 is 1.89. The Balaban J connectivity index is 1.77. The van der Waals surface area contributed by atoms with Crippen molar-refractivity contribution in [3.63, 3.8) is 0 Å². The highest BCUT2D eigenvalue weighted by molar-refractivity contribution is 7.09. The maximum atomic E-state index is 6.14. The van der Waals surface area contributed by atoms with Crippen molar-refractivity contribution in [2.24, 2.45) is 11.3 Å². The lowest BCUT2D eigenvalue weighted by molar-refractivity contribution is 0.0302. The Morgan fingerprint density at radius 3 is 2.95 bits per heavy atom. The van der Waals surface area contributed by atoms with Crippen molar-refractivity contribution < 1.29 is 4.74 Å². The first-order valence-corrected chi connectivity index (χ1v) is 8.45. The van der Waals surface area contributed by atoms with E-state index in [0.29, 0.717) is 17.6 Å². The summed E-state index contributed by atoms with van der Waals surface area (Å²) in [5, 5.41) is 5.87. The molecule has 106 valence electrons. The number of hydrogen-bond acceptors (Lipinski definition) is 3. The fourth-order valence-corrected chi connectivity index (χ4v) is 4.21. The van der Waals surface area contributed by atoms with Gasteiger partial charge >= 0.3 is 0 Å².